The lowest BCUT2D eigenvalue weighted by Crippen LogP contribution is -2.37. The number of aryl methyl sites for hydroxylation is 1. The van der Waals surface area contributed by atoms with Gasteiger partial charge in [0.15, 0.2) is 0 Å². The number of hydrogen-bond acceptors (Lipinski definition) is 4. The van der Waals surface area contributed by atoms with Gasteiger partial charge in [-0.15, -0.1) is 0 Å². The summed E-state index contributed by atoms with van der Waals surface area (Å²) in [6.07, 6.45) is 1.35. The van der Waals surface area contributed by atoms with Crippen LogP contribution in [0.4, 0.5) is 0 Å². The molecule has 0 bridgehead atoms. The second kappa shape index (κ2) is 4.68. The van der Waals surface area contributed by atoms with E-state index in [1.54, 1.807) is 6.92 Å². The van der Waals surface area contributed by atoms with E-state index in [0.29, 0.717) is 12.1 Å². The Morgan fingerprint density at radius 2 is 2.00 bits per heavy atom. The Balaban J connectivity index is 2.77. The number of amides is 1. The number of fused-ring (bicyclic) bond motifs is 1. The Morgan fingerprint density at radius 3 is 2.63 bits per heavy atom. The van der Waals surface area contributed by atoms with E-state index >= 15 is 0 Å². The number of nitrogens with one attached hydrogen (secondary N) is 1. The first-order chi connectivity index (χ1) is 8.97. The summed E-state index contributed by atoms with van der Waals surface area (Å²) in [5, 5.41) is 2.87. The summed E-state index contributed by atoms with van der Waals surface area (Å²) in [7, 11) is 2.92. The number of carbonyl (C=O) groups excluding carboxylic acids is 1. The predicted octanol–water partition coefficient (Wildman–Crippen LogP) is -0.618. The van der Waals surface area contributed by atoms with E-state index in [9.17, 15) is 14.4 Å². The van der Waals surface area contributed by atoms with Crippen LogP contribution in [-0.2, 0) is 14.1 Å². The maximum Gasteiger partial charge on any atom is 0.332 e. The predicted molar refractivity (Wildman–Crippen MR) is 70.2 cm³/mol. The van der Waals surface area contributed by atoms with E-state index in [1.807, 2.05) is 0 Å². The monoisotopic (exact) mass is 262 g/mol. The van der Waals surface area contributed by atoms with Gasteiger partial charge in [-0.2, -0.15) is 0 Å². The zero-order valence-electron chi connectivity index (χ0n) is 10.9. The summed E-state index contributed by atoms with van der Waals surface area (Å²) in [5.74, 6) is -0.298. The molecule has 1 N–H and O–H groups in total. The van der Waals surface area contributed by atoms with Crippen molar-refractivity contribution in [3.05, 3.63) is 38.7 Å². The minimum atomic E-state index is -0.461. The SMILES string of the molecule is CCNC(=O)c1cnc2c(c1)c(=O)n(C)c(=O)n2C. The minimum Gasteiger partial charge on any atom is -0.352 e. The van der Waals surface area contributed by atoms with Crippen LogP contribution in [0.5, 0.6) is 0 Å². The lowest BCUT2D eigenvalue weighted by Gasteiger charge is -2.07. The molecule has 7 heteroatoms. The van der Waals surface area contributed by atoms with Crippen molar-refractivity contribution in [3.8, 4) is 0 Å². The van der Waals surface area contributed by atoms with Crippen LogP contribution in [-0.4, -0.2) is 26.6 Å². The molecule has 0 radical (unpaired) electrons. The molecule has 19 heavy (non-hydrogen) atoms. The molecule has 2 aromatic rings. The van der Waals surface area contributed by atoms with Gasteiger partial charge in [-0.3, -0.25) is 18.7 Å². The minimum absolute atomic E-state index is 0.244. The van der Waals surface area contributed by atoms with E-state index < -0.39 is 11.2 Å². The molecule has 0 aliphatic rings. The molecule has 0 saturated heterocycles. The molecule has 2 heterocycles. The van der Waals surface area contributed by atoms with Gasteiger partial charge >= 0.3 is 5.69 Å². The van der Waals surface area contributed by atoms with Crippen LogP contribution in [0.3, 0.4) is 0 Å². The largest absolute Gasteiger partial charge is 0.352 e. The summed E-state index contributed by atoms with van der Waals surface area (Å²) < 4.78 is 2.27. The fourth-order valence-corrected chi connectivity index (χ4v) is 1.85. The molecule has 7 nitrogen and oxygen atoms in total. The van der Waals surface area contributed by atoms with Crippen LogP contribution in [0.15, 0.2) is 21.9 Å². The molecule has 100 valence electrons. The van der Waals surface area contributed by atoms with E-state index in [-0.39, 0.29) is 16.9 Å². The molecule has 0 aliphatic carbocycles. The second-order valence-corrected chi connectivity index (χ2v) is 4.16. The van der Waals surface area contributed by atoms with Crippen LogP contribution in [0.1, 0.15) is 17.3 Å². The van der Waals surface area contributed by atoms with Crippen molar-refractivity contribution in [1.29, 1.82) is 0 Å². The number of rotatable bonds is 2. The summed E-state index contributed by atoms with van der Waals surface area (Å²) in [4.78, 5) is 39.5. The van der Waals surface area contributed by atoms with Crippen LogP contribution < -0.4 is 16.6 Å². The number of hydrogen-bond donors (Lipinski definition) is 1. The third-order valence-corrected chi connectivity index (χ3v) is 2.89. The highest BCUT2D eigenvalue weighted by Crippen LogP contribution is 2.07. The van der Waals surface area contributed by atoms with E-state index in [4.69, 9.17) is 0 Å². The quantitative estimate of drug-likeness (QED) is 0.781. The van der Waals surface area contributed by atoms with E-state index in [1.165, 1.54) is 30.9 Å². The molecule has 2 rings (SSSR count). The summed E-state index contributed by atoms with van der Waals surface area (Å²) in [5.41, 5.74) is -0.348. The van der Waals surface area contributed by atoms with Crippen molar-refractivity contribution < 1.29 is 4.79 Å². The highest BCUT2D eigenvalue weighted by Gasteiger charge is 2.12. The molecule has 0 spiro atoms. The Labute approximate surface area is 108 Å². The molecular formula is C12H14N4O3. The maximum absolute atomic E-state index is 12.0. The van der Waals surface area contributed by atoms with Crippen LogP contribution in [0.25, 0.3) is 11.0 Å². The summed E-state index contributed by atoms with van der Waals surface area (Å²) >= 11 is 0. The highest BCUT2D eigenvalue weighted by molar-refractivity contribution is 5.96. The van der Waals surface area contributed by atoms with Gasteiger partial charge in [-0.25, -0.2) is 9.78 Å². The van der Waals surface area contributed by atoms with Crippen molar-refractivity contribution >= 4 is 16.9 Å². The zero-order valence-corrected chi connectivity index (χ0v) is 10.9. The molecule has 0 aromatic carbocycles. The molecule has 2 aromatic heterocycles. The van der Waals surface area contributed by atoms with Crippen molar-refractivity contribution in [3.63, 3.8) is 0 Å². The lowest BCUT2D eigenvalue weighted by molar-refractivity contribution is 0.0955. The van der Waals surface area contributed by atoms with Gasteiger partial charge in [-0.1, -0.05) is 0 Å². The maximum atomic E-state index is 12.0. The second-order valence-electron chi connectivity index (χ2n) is 4.16. The standard InChI is InChI=1S/C12H14N4O3/c1-4-13-10(17)7-5-8-9(14-6-7)15(2)12(19)16(3)11(8)18/h5-6H,4H2,1-3H3,(H,13,17). The topological polar surface area (TPSA) is 86.0 Å². The summed E-state index contributed by atoms with van der Waals surface area (Å²) in [6.45, 7) is 2.29. The molecule has 0 aliphatic heterocycles. The number of pyridine rings is 1. The first-order valence-corrected chi connectivity index (χ1v) is 5.81. The van der Waals surface area contributed by atoms with Crippen molar-refractivity contribution in [2.45, 2.75) is 6.92 Å². The van der Waals surface area contributed by atoms with E-state index in [0.717, 1.165) is 4.57 Å². The zero-order chi connectivity index (χ0) is 14.2. The first-order valence-electron chi connectivity index (χ1n) is 5.81. The Hall–Kier alpha value is -2.44. The molecule has 0 fully saturated rings. The average molecular weight is 262 g/mol. The van der Waals surface area contributed by atoms with Gasteiger partial charge in [0.25, 0.3) is 11.5 Å². The molecular weight excluding hydrogens is 248 g/mol. The van der Waals surface area contributed by atoms with Gasteiger partial charge in [-0.05, 0) is 13.0 Å². The van der Waals surface area contributed by atoms with Crippen molar-refractivity contribution in [2.24, 2.45) is 14.1 Å². The number of aromatic nitrogens is 3. The molecule has 0 saturated carbocycles. The summed E-state index contributed by atoms with van der Waals surface area (Å²) in [6, 6.07) is 1.45. The van der Waals surface area contributed by atoms with Crippen LogP contribution in [0.2, 0.25) is 0 Å². The number of carbonyl (C=O) groups is 1. The Kier molecular flexibility index (Phi) is 3.20. The van der Waals surface area contributed by atoms with E-state index in [2.05, 4.69) is 10.3 Å². The lowest BCUT2D eigenvalue weighted by atomic mass is 10.2. The van der Waals surface area contributed by atoms with Gasteiger partial charge in [0.05, 0.1) is 10.9 Å². The Bertz CT molecular complexity index is 773. The van der Waals surface area contributed by atoms with Gasteiger partial charge in [0.1, 0.15) is 5.65 Å². The highest BCUT2D eigenvalue weighted by atomic mass is 16.2. The average Bonchev–Trinajstić information content (AvgIpc) is 2.42. The third kappa shape index (κ3) is 2.03. The van der Waals surface area contributed by atoms with Gasteiger partial charge in [0.2, 0.25) is 0 Å². The van der Waals surface area contributed by atoms with Crippen molar-refractivity contribution in [1.82, 2.24) is 19.4 Å². The first kappa shape index (κ1) is 13.0. The normalized spacial score (nSPS) is 10.7. The molecule has 0 unspecified atom stereocenters. The molecule has 0 atom stereocenters. The fraction of sp³-hybridized carbons (Fsp3) is 0.333. The van der Waals surface area contributed by atoms with Gasteiger partial charge < -0.3 is 5.32 Å². The van der Waals surface area contributed by atoms with Crippen LogP contribution in [0, 0.1) is 0 Å². The van der Waals surface area contributed by atoms with Crippen LogP contribution >= 0.6 is 0 Å². The van der Waals surface area contributed by atoms with Crippen molar-refractivity contribution in [2.75, 3.05) is 6.54 Å². The number of nitrogens with zero attached hydrogens (tertiary/aromatic N) is 3. The van der Waals surface area contributed by atoms with Gasteiger partial charge in [0, 0.05) is 26.8 Å². The molecule has 1 amide bonds. The Morgan fingerprint density at radius 1 is 1.32 bits per heavy atom. The fourth-order valence-electron chi connectivity index (χ4n) is 1.85. The third-order valence-electron chi connectivity index (χ3n) is 2.89. The smallest absolute Gasteiger partial charge is 0.332 e.